The molecule has 0 aromatic carbocycles. The quantitative estimate of drug-likeness (QED) is 0.0195. The van der Waals surface area contributed by atoms with Crippen LogP contribution >= 0.6 is 0 Å². The van der Waals surface area contributed by atoms with Gasteiger partial charge in [-0.3, -0.25) is 9.59 Å². The van der Waals surface area contributed by atoms with Crippen molar-refractivity contribution in [1.82, 2.24) is 0 Å². The predicted octanol–water partition coefficient (Wildman–Crippen LogP) is 20.2. The van der Waals surface area contributed by atoms with Gasteiger partial charge < -0.3 is 33.3 Å². The Bertz CT molecular complexity index is 2210. The van der Waals surface area contributed by atoms with Crippen LogP contribution in [0.25, 0.3) is 0 Å². The van der Waals surface area contributed by atoms with Gasteiger partial charge >= 0.3 is 11.9 Å². The van der Waals surface area contributed by atoms with Gasteiger partial charge in [0.25, 0.3) is 0 Å². The molecule has 0 aromatic rings. The third-order valence-electron chi connectivity index (χ3n) is 13.5. The molecule has 9 heteroatoms. The van der Waals surface area contributed by atoms with Crippen molar-refractivity contribution in [3.05, 3.63) is 207 Å². The van der Waals surface area contributed by atoms with Crippen LogP contribution in [0.5, 0.6) is 0 Å². The van der Waals surface area contributed by atoms with Crippen molar-refractivity contribution in [2.75, 3.05) is 47.5 Å². The summed E-state index contributed by atoms with van der Waals surface area (Å²) in [6.07, 6.45) is 103. The average molecular weight is 1230 g/mol. The largest absolute Gasteiger partial charge is 0.545 e. The van der Waals surface area contributed by atoms with E-state index < -0.39 is 30.3 Å². The first-order valence-corrected chi connectivity index (χ1v) is 34.2. The zero-order chi connectivity index (χ0) is 64.7. The lowest BCUT2D eigenvalue weighted by Gasteiger charge is -2.26. The van der Waals surface area contributed by atoms with Gasteiger partial charge in [0.1, 0.15) is 13.2 Å². The number of carbonyl (C=O) groups is 3. The normalized spacial score (nSPS) is 14.0. The number of rotatable bonds is 60. The summed E-state index contributed by atoms with van der Waals surface area (Å²) in [5.74, 6) is -2.39. The molecular weight excluding hydrogens is 1100 g/mol. The first-order valence-electron chi connectivity index (χ1n) is 34.2. The first-order chi connectivity index (χ1) is 43.6. The number of allylic oxidation sites excluding steroid dienone is 34. The second-order valence-electron chi connectivity index (χ2n) is 23.0. The molecule has 0 radical (unpaired) electrons. The maximum Gasteiger partial charge on any atom is 0.306 e. The van der Waals surface area contributed by atoms with Gasteiger partial charge in [-0.2, -0.15) is 0 Å². The molecule has 0 amide bonds. The fourth-order valence-corrected chi connectivity index (χ4v) is 8.38. The van der Waals surface area contributed by atoms with Crippen molar-refractivity contribution in [2.45, 2.75) is 232 Å². The van der Waals surface area contributed by atoms with Gasteiger partial charge in [-0.25, -0.2) is 0 Å². The molecule has 0 saturated heterocycles. The van der Waals surface area contributed by atoms with Crippen LogP contribution in [0.4, 0.5) is 0 Å². The molecule has 0 N–H and O–H groups in total. The Balaban J connectivity index is 4.25. The number of unbranched alkanes of at least 4 members (excludes halogenated alkanes) is 11. The fraction of sp³-hybridized carbons (Fsp3) is 0.537. The van der Waals surface area contributed by atoms with Gasteiger partial charge in [-0.1, -0.05) is 272 Å². The molecule has 2 unspecified atom stereocenters. The summed E-state index contributed by atoms with van der Waals surface area (Å²) in [5.41, 5.74) is 0. The highest BCUT2D eigenvalue weighted by Crippen LogP contribution is 2.14. The van der Waals surface area contributed by atoms with Crippen molar-refractivity contribution in [1.29, 1.82) is 0 Å². The van der Waals surface area contributed by atoms with Crippen LogP contribution < -0.4 is 5.11 Å². The van der Waals surface area contributed by atoms with Crippen LogP contribution in [0.3, 0.4) is 0 Å². The predicted molar refractivity (Wildman–Crippen MR) is 379 cm³/mol. The van der Waals surface area contributed by atoms with Crippen LogP contribution in [0.1, 0.15) is 219 Å². The molecule has 0 aromatic heterocycles. The van der Waals surface area contributed by atoms with Gasteiger partial charge in [-0.15, -0.1) is 0 Å². The number of quaternary nitrogens is 1. The molecule has 0 aliphatic heterocycles. The van der Waals surface area contributed by atoms with Gasteiger partial charge in [0.15, 0.2) is 12.4 Å². The number of aliphatic carboxylic acids is 1. The topological polar surface area (TPSA) is 111 Å². The summed E-state index contributed by atoms with van der Waals surface area (Å²) >= 11 is 0. The maximum absolute atomic E-state index is 12.9. The zero-order valence-electron chi connectivity index (χ0n) is 56.5. The van der Waals surface area contributed by atoms with Crippen molar-refractivity contribution in [3.8, 4) is 0 Å². The van der Waals surface area contributed by atoms with E-state index in [2.05, 4.69) is 220 Å². The average Bonchev–Trinajstić information content (AvgIpc) is 3.64. The van der Waals surface area contributed by atoms with E-state index in [1.54, 1.807) is 0 Å². The Morgan fingerprint density at radius 1 is 0.337 bits per heavy atom. The molecule has 0 aliphatic carbocycles. The van der Waals surface area contributed by atoms with E-state index in [-0.39, 0.29) is 32.7 Å². The Morgan fingerprint density at radius 2 is 0.618 bits per heavy atom. The van der Waals surface area contributed by atoms with E-state index in [9.17, 15) is 19.5 Å². The van der Waals surface area contributed by atoms with Crippen molar-refractivity contribution < 1.29 is 42.9 Å². The number of hydrogen-bond donors (Lipinski definition) is 0. The Hall–Kier alpha value is -6.13. The molecule has 0 fully saturated rings. The number of carboxylic acid groups (broad SMARTS) is 1. The van der Waals surface area contributed by atoms with Gasteiger partial charge in [0.2, 0.25) is 0 Å². The molecule has 0 bridgehead atoms. The van der Waals surface area contributed by atoms with Gasteiger partial charge in [-0.05, 0) is 141 Å². The highest BCUT2D eigenvalue weighted by molar-refractivity contribution is 5.70. The third kappa shape index (κ3) is 69.2. The van der Waals surface area contributed by atoms with Gasteiger partial charge in [0.05, 0.1) is 40.3 Å². The lowest BCUT2D eigenvalue weighted by atomic mass is 10.0. The SMILES string of the molecule is CC/C=C\C/C=C\C/C=C\C/C=C\C/C=C\C/C=C\C/C=C\C/C=C\C/C=C\C/C=C\CCCCCCCCCCCCC(=O)OC(COC(=O)CCC/C=C\C/C=C\C/C=C\C/C=C\C/C=C\C/C=C\C/C=C\CC)COC(OCC[N+](C)(C)C)C(=O)[O-]. The van der Waals surface area contributed by atoms with Crippen LogP contribution in [-0.4, -0.2) is 82.3 Å². The summed E-state index contributed by atoms with van der Waals surface area (Å²) in [6, 6.07) is 0. The van der Waals surface area contributed by atoms with Crippen molar-refractivity contribution >= 4 is 17.9 Å². The number of esters is 2. The highest BCUT2D eigenvalue weighted by Gasteiger charge is 2.22. The second kappa shape index (κ2) is 67.8. The van der Waals surface area contributed by atoms with E-state index in [1.165, 1.54) is 38.5 Å². The summed E-state index contributed by atoms with van der Waals surface area (Å²) in [4.78, 5) is 37.4. The van der Waals surface area contributed by atoms with Crippen LogP contribution in [0, 0.1) is 0 Å². The third-order valence-corrected chi connectivity index (χ3v) is 13.5. The zero-order valence-corrected chi connectivity index (χ0v) is 56.5. The lowest BCUT2D eigenvalue weighted by molar-refractivity contribution is -0.870. The summed E-state index contributed by atoms with van der Waals surface area (Å²) < 4.78 is 22.7. The molecule has 0 saturated carbocycles. The first kappa shape index (κ1) is 82.9. The summed E-state index contributed by atoms with van der Waals surface area (Å²) in [5, 5.41) is 11.8. The lowest BCUT2D eigenvalue weighted by Crippen LogP contribution is -2.44. The van der Waals surface area contributed by atoms with E-state index in [4.69, 9.17) is 18.9 Å². The number of hydrogen-bond acceptors (Lipinski definition) is 8. The smallest absolute Gasteiger partial charge is 0.306 e. The molecule has 0 rings (SSSR count). The van der Waals surface area contributed by atoms with Gasteiger partial charge in [0, 0.05) is 12.8 Å². The summed E-state index contributed by atoms with van der Waals surface area (Å²) in [7, 11) is 5.89. The minimum Gasteiger partial charge on any atom is -0.545 e. The number of nitrogens with zero attached hydrogens (tertiary/aromatic N) is 1. The maximum atomic E-state index is 12.9. The molecule has 496 valence electrons. The van der Waals surface area contributed by atoms with Crippen molar-refractivity contribution in [3.63, 3.8) is 0 Å². The molecular formula is C80H123NO8. The highest BCUT2D eigenvalue weighted by atomic mass is 16.7. The number of likely N-dealkylation sites (N-methyl/N-ethyl adjacent to an activating group) is 1. The molecule has 9 nitrogen and oxygen atoms in total. The Kier molecular flexibility index (Phi) is 63.1. The second-order valence-corrected chi connectivity index (χ2v) is 23.0. The standard InChI is InChI=1S/C80H123NO8/c1-6-8-10-12-14-16-18-20-22-24-26-28-30-31-32-33-34-35-36-37-38-39-40-41-42-43-44-45-46-47-49-51-53-55-57-59-61-63-65-67-69-71-78(83)89-76(75-88-80(79(84)85)86-73-72-81(3,4)5)74-87-77(82)70-68-66-64-62-60-58-56-54-52-50-48-29-27-25-23-21-19-17-15-13-11-9-7-2/h8-11,14-17,20-23,26-29,31-32,34-35,37-38,40-41,43-44,46-47,50,52,56,58,62,64,76,80H,6-7,12-13,18-19,24-25,30,33,36,39,42,45,48-49,51,53-55,57,59-61,63,65-75H2,1-5H3/b10-8-,11-9-,16-14-,17-15-,22-20-,23-21-,28-26-,29-27-,32-31-,35-34-,38-37-,41-40-,44-43-,47-46-,52-50-,58-56-,64-62-. The van der Waals surface area contributed by atoms with E-state index in [0.717, 1.165) is 141 Å². The van der Waals surface area contributed by atoms with Crippen LogP contribution in [0.15, 0.2) is 207 Å². The minimum atomic E-state index is -1.65. The molecule has 2 atom stereocenters. The van der Waals surface area contributed by atoms with E-state index in [0.29, 0.717) is 23.9 Å². The fourth-order valence-electron chi connectivity index (χ4n) is 8.38. The van der Waals surface area contributed by atoms with E-state index in [1.807, 2.05) is 21.1 Å². The molecule has 0 spiro atoms. The Morgan fingerprint density at radius 3 is 0.933 bits per heavy atom. The minimum absolute atomic E-state index is 0.126. The molecule has 0 heterocycles. The van der Waals surface area contributed by atoms with Crippen molar-refractivity contribution in [2.24, 2.45) is 0 Å². The number of carboxylic acids is 1. The van der Waals surface area contributed by atoms with Crippen LogP contribution in [0.2, 0.25) is 0 Å². The number of ether oxygens (including phenoxy) is 4. The monoisotopic (exact) mass is 1230 g/mol. The van der Waals surface area contributed by atoms with Crippen LogP contribution in [-0.2, 0) is 33.3 Å². The Labute approximate surface area is 544 Å². The van der Waals surface area contributed by atoms with E-state index >= 15 is 0 Å². The molecule has 0 aliphatic rings. The number of carbonyl (C=O) groups excluding carboxylic acids is 3. The molecule has 89 heavy (non-hydrogen) atoms. The summed E-state index contributed by atoms with van der Waals surface area (Å²) in [6.45, 7) is 4.42.